The number of Topliss-reactive ketones (excluding diaryl/α,β-unsaturated/α-hetero) is 1. The first-order valence-corrected chi connectivity index (χ1v) is 50.0. The Balaban J connectivity index is 1.51. The number of carbonyl (C=O) groups excluding carboxylic acids is 2. The largest absolute Gasteiger partial charge is 0.414 e. The van der Waals surface area contributed by atoms with Gasteiger partial charge in [0.1, 0.15) is 36.5 Å². The monoisotopic (exact) mass is 1450 g/mol. The molecule has 516 valence electrons. The van der Waals surface area contributed by atoms with E-state index in [4.69, 9.17) is 50.6 Å². The van der Waals surface area contributed by atoms with Crippen LogP contribution in [0.3, 0.4) is 0 Å². The van der Waals surface area contributed by atoms with E-state index in [2.05, 4.69) is 222 Å². The van der Waals surface area contributed by atoms with Gasteiger partial charge < -0.3 is 55.3 Å². The van der Waals surface area contributed by atoms with Gasteiger partial charge in [-0.25, -0.2) is 0 Å². The summed E-state index contributed by atoms with van der Waals surface area (Å²) in [7, 11) is -10.0. The molecule has 5 aliphatic heterocycles. The first kappa shape index (κ1) is 79.6. The van der Waals surface area contributed by atoms with Crippen LogP contribution in [0.5, 0.6) is 0 Å². The third-order valence-electron chi connectivity index (χ3n) is 23.2. The molecule has 5 heterocycles. The number of hydrogen-bond donors (Lipinski definition) is 0. The zero-order chi connectivity index (χ0) is 67.6. The Morgan fingerprint density at radius 1 is 0.629 bits per heavy atom. The fraction of sp³-hybridized carbons (Fsp3) is 0.886. The molecule has 0 aromatic rings. The molecule has 0 saturated carbocycles. The molecule has 5 saturated heterocycles. The lowest BCUT2D eigenvalue weighted by Crippen LogP contribution is -2.69. The second-order valence-electron chi connectivity index (χ2n) is 35.2. The van der Waals surface area contributed by atoms with Gasteiger partial charge in [-0.1, -0.05) is 147 Å². The van der Waals surface area contributed by atoms with Gasteiger partial charge in [0.25, 0.3) is 0 Å². The molecule has 0 aliphatic carbocycles. The number of halogens is 1. The summed E-state index contributed by atoms with van der Waals surface area (Å²) in [4.78, 5) is 26.6. The van der Waals surface area contributed by atoms with Gasteiger partial charge in [-0.05, 0) is 163 Å². The van der Waals surface area contributed by atoms with Gasteiger partial charge in [-0.15, -0.1) is 0 Å². The van der Waals surface area contributed by atoms with Crippen molar-refractivity contribution in [2.75, 3.05) is 13.7 Å². The van der Waals surface area contributed by atoms with Crippen LogP contribution in [-0.4, -0.2) is 159 Å². The van der Waals surface area contributed by atoms with Crippen molar-refractivity contribution in [1.29, 1.82) is 0 Å². The fourth-order valence-electron chi connectivity index (χ4n) is 12.2. The summed E-state index contributed by atoms with van der Waals surface area (Å²) in [5.41, 5.74) is 2.15. The molecule has 5 aliphatic rings. The van der Waals surface area contributed by atoms with Crippen molar-refractivity contribution < 1.29 is 60.1 Å². The third-order valence-corrected chi connectivity index (χ3v) is 46.1. The van der Waals surface area contributed by atoms with Crippen LogP contribution in [0.2, 0.25) is 90.7 Å². The molecule has 0 bridgehead atoms. The van der Waals surface area contributed by atoms with E-state index < -0.39 is 72.1 Å². The van der Waals surface area contributed by atoms with Gasteiger partial charge in [-0.2, -0.15) is 0 Å². The number of ketones is 1. The number of carbonyl (C=O) groups is 2. The normalized spacial score (nSPS) is 31.8. The summed E-state index contributed by atoms with van der Waals surface area (Å²) in [5, 5.41) is -0.270. The highest BCUT2D eigenvalue weighted by Crippen LogP contribution is 2.50. The van der Waals surface area contributed by atoms with Gasteiger partial charge in [0.15, 0.2) is 41.6 Å². The van der Waals surface area contributed by atoms with Gasteiger partial charge >= 0.3 is 0 Å². The van der Waals surface area contributed by atoms with E-state index in [0.29, 0.717) is 38.7 Å². The van der Waals surface area contributed by atoms with Crippen molar-refractivity contribution in [3.63, 3.8) is 0 Å². The van der Waals surface area contributed by atoms with E-state index in [1.165, 1.54) is 0 Å². The lowest BCUT2D eigenvalue weighted by Gasteiger charge is -2.56. The molecular formula is C70H131IO13Si5. The second-order valence-corrected chi connectivity index (χ2v) is 59.8. The Hall–Kier alpha value is -0.0656. The van der Waals surface area contributed by atoms with Crippen LogP contribution in [0.1, 0.15) is 188 Å². The summed E-state index contributed by atoms with van der Waals surface area (Å²) in [6.45, 7) is 69.2. The van der Waals surface area contributed by atoms with E-state index in [0.717, 1.165) is 49.5 Å². The maximum Gasteiger partial charge on any atom is 0.193 e. The minimum absolute atomic E-state index is 0.0158. The van der Waals surface area contributed by atoms with Crippen molar-refractivity contribution in [2.45, 2.75) is 370 Å². The first-order chi connectivity index (χ1) is 40.5. The maximum absolute atomic E-state index is 15.4. The molecule has 0 amide bonds. The van der Waals surface area contributed by atoms with Crippen molar-refractivity contribution in [3.8, 4) is 0 Å². The number of ether oxygens (including phenoxy) is 6. The highest BCUT2D eigenvalue weighted by atomic mass is 127. The number of fused-ring (bicyclic) bond motifs is 1. The smallest absolute Gasteiger partial charge is 0.193 e. The lowest BCUT2D eigenvalue weighted by molar-refractivity contribution is -0.266. The van der Waals surface area contributed by atoms with Gasteiger partial charge in [0.2, 0.25) is 0 Å². The van der Waals surface area contributed by atoms with Crippen molar-refractivity contribution in [2.24, 2.45) is 11.8 Å². The molecule has 0 aromatic carbocycles. The summed E-state index contributed by atoms with van der Waals surface area (Å²) < 4.78 is 81.7. The predicted octanol–water partition coefficient (Wildman–Crippen LogP) is 18.2. The quantitative estimate of drug-likeness (QED) is 0.0318. The summed E-state index contributed by atoms with van der Waals surface area (Å²) in [5.74, 6) is 0.0514. The van der Waals surface area contributed by atoms with Crippen LogP contribution >= 0.6 is 22.6 Å². The highest BCUT2D eigenvalue weighted by molar-refractivity contribution is 14.1. The molecule has 0 aromatic heterocycles. The standard InChI is InChI=1S/C70H131IO13Si5/c1-46-39-51(32-34-55-47(2)40-50(76-55)31-30-38-72)77-58(48(46)3)44-59-54(61(74-19)60(79-59)43-53(81-86(22,23)67(7,8)9)45-75-85(20,21)66(4,5)6)42-49(73)41-52-33-35-56-62(78-52)64(83-88(26,27)69(13,14)15)65(84-89(28,29)70(16,17)18)63(80-56)57(36-37-71)82-87(24,25)68(10,11)12/h36-38,46,50-65H,2-3,30-35,39-45H2,1,4-29H3/t46-,50+,51+,52?,53+,54+,55?,56+,57+,58?,59+,60-,61-,62?,63+,64+,65-/m1/s1. The van der Waals surface area contributed by atoms with Crippen LogP contribution in [-0.2, 0) is 60.1 Å². The van der Waals surface area contributed by atoms with Gasteiger partial charge in [-0.3, -0.25) is 4.79 Å². The average Bonchev–Trinajstić information content (AvgIpc) is 1.32. The van der Waals surface area contributed by atoms with Crippen LogP contribution in [0, 0.1) is 11.8 Å². The second kappa shape index (κ2) is 30.8. The molecule has 0 radical (unpaired) electrons. The Morgan fingerprint density at radius 2 is 1.18 bits per heavy atom. The molecule has 4 unspecified atom stereocenters. The van der Waals surface area contributed by atoms with E-state index in [1.54, 1.807) is 7.11 Å². The lowest BCUT2D eigenvalue weighted by atomic mass is 9.81. The zero-order valence-electron chi connectivity index (χ0n) is 61.3. The molecule has 0 spiro atoms. The highest BCUT2D eigenvalue weighted by Gasteiger charge is 2.59. The Morgan fingerprint density at radius 3 is 1.72 bits per heavy atom. The Labute approximate surface area is 562 Å². The molecule has 0 N–H and O–H groups in total. The minimum atomic E-state index is -2.50. The zero-order valence-corrected chi connectivity index (χ0v) is 68.5. The van der Waals surface area contributed by atoms with E-state index in [-0.39, 0.29) is 117 Å². The fourth-order valence-corrected chi connectivity index (χ4v) is 18.8. The van der Waals surface area contributed by atoms with E-state index in [1.807, 2.05) is 0 Å². The molecule has 19 heteroatoms. The maximum atomic E-state index is 15.4. The molecule has 5 fully saturated rings. The van der Waals surface area contributed by atoms with Crippen molar-refractivity contribution in [1.82, 2.24) is 0 Å². The summed E-state index contributed by atoms with van der Waals surface area (Å²) in [6.07, 6.45) is 5.88. The average molecular weight is 1450 g/mol. The third kappa shape index (κ3) is 20.5. The van der Waals surface area contributed by atoms with Crippen molar-refractivity contribution >= 4 is 76.2 Å². The molecule has 17 atom stereocenters. The van der Waals surface area contributed by atoms with Gasteiger partial charge in [0.05, 0.1) is 73.8 Å². The topological polar surface area (TPSA) is 136 Å². The number of rotatable bonds is 28. The Bertz CT molecular complexity index is 2360. The van der Waals surface area contributed by atoms with E-state index >= 15 is 4.79 Å². The van der Waals surface area contributed by atoms with Crippen molar-refractivity contribution in [3.05, 3.63) is 34.5 Å². The van der Waals surface area contributed by atoms with Crippen LogP contribution in [0.4, 0.5) is 0 Å². The number of methoxy groups -OCH3 is 1. The summed E-state index contributed by atoms with van der Waals surface area (Å²) in [6, 6.07) is 0. The van der Waals surface area contributed by atoms with Gasteiger partial charge in [0, 0.05) is 45.1 Å². The molecule has 89 heavy (non-hydrogen) atoms. The predicted molar refractivity (Wildman–Crippen MR) is 386 cm³/mol. The Kier molecular flexibility index (Phi) is 27.5. The number of hydrogen-bond acceptors (Lipinski definition) is 13. The first-order valence-electron chi connectivity index (χ1n) is 34.2. The molecular weight excluding hydrogens is 1320 g/mol. The molecule has 5 rings (SSSR count). The minimum Gasteiger partial charge on any atom is -0.414 e. The SMILES string of the molecule is C=C1C[C@H](CCC=O)OC1CC[C@H]1C[C@@H](C)C(=C)C(C[C@@H]2O[C@H](C[C@@H](CO[Si](C)(C)C(C)(C)C)O[Si](C)(C)C(C)(C)C)[C@H](OC)[C@H]2CC(=O)CC2CC[C@@H]3O[C@@H]([C@H](C=CI)O[Si](C)(C)C(C)(C)C)[C@@H](O[Si](C)(C)C(C)(C)C)[C@@H](O[Si](C)(C)C(C)(C)C)C3O2)O1. The number of aldehydes is 1. The van der Waals surface area contributed by atoms with Crippen LogP contribution in [0.25, 0.3) is 0 Å². The van der Waals surface area contributed by atoms with Crippen LogP contribution < -0.4 is 0 Å². The van der Waals surface area contributed by atoms with E-state index in [9.17, 15) is 4.79 Å². The summed E-state index contributed by atoms with van der Waals surface area (Å²) >= 11 is 2.32. The molecule has 13 nitrogen and oxygen atoms in total. The van der Waals surface area contributed by atoms with Crippen LogP contribution in [0.15, 0.2) is 34.5 Å².